The standard InChI is InChI=1S/C56H42/c1-55(2)49-22-14-13-19-41(49)42-28-26-40(34-51(42)55)54-46-21-12-11-20-45(46)53(47-30-24-37(31-48(47)54)35-15-7-5-8-16-35)39-25-29-44-43-27-23-38(36-17-9-6-10-18-36)32-50(43)56(3,4)52(44)33-39/h5-34H,1-4H3. The van der Waals surface area contributed by atoms with E-state index in [0.717, 1.165) is 0 Å². The highest BCUT2D eigenvalue weighted by Gasteiger charge is 2.37. The third-order valence-corrected chi connectivity index (χ3v) is 13.1. The van der Waals surface area contributed by atoms with E-state index in [0.29, 0.717) is 0 Å². The van der Waals surface area contributed by atoms with Gasteiger partial charge in [0.25, 0.3) is 0 Å². The number of hydrogen-bond donors (Lipinski definition) is 0. The molecule has 0 saturated heterocycles. The third kappa shape index (κ3) is 4.72. The summed E-state index contributed by atoms with van der Waals surface area (Å²) in [6.07, 6.45) is 0. The molecule has 2 aliphatic carbocycles. The Balaban J connectivity index is 1.15. The van der Waals surface area contributed by atoms with Crippen molar-refractivity contribution in [2.24, 2.45) is 0 Å². The second-order valence-electron chi connectivity index (χ2n) is 16.9. The summed E-state index contributed by atoms with van der Waals surface area (Å²) in [5, 5.41) is 5.12. The van der Waals surface area contributed by atoms with Gasteiger partial charge in [0.2, 0.25) is 0 Å². The van der Waals surface area contributed by atoms with Crippen LogP contribution in [0.5, 0.6) is 0 Å². The van der Waals surface area contributed by atoms with Crippen molar-refractivity contribution in [1.29, 1.82) is 0 Å². The highest BCUT2D eigenvalue weighted by molar-refractivity contribution is 6.22. The highest BCUT2D eigenvalue weighted by atomic mass is 14.4. The van der Waals surface area contributed by atoms with Crippen molar-refractivity contribution >= 4 is 21.5 Å². The lowest BCUT2D eigenvalue weighted by molar-refractivity contribution is 0.660. The first-order valence-corrected chi connectivity index (χ1v) is 19.9. The Morgan fingerprint density at radius 3 is 1.20 bits per heavy atom. The van der Waals surface area contributed by atoms with Crippen LogP contribution in [0.3, 0.4) is 0 Å². The average molecular weight is 715 g/mol. The van der Waals surface area contributed by atoms with Gasteiger partial charge < -0.3 is 0 Å². The van der Waals surface area contributed by atoms with E-state index in [1.807, 2.05) is 0 Å². The normalized spacial score (nSPS) is 14.4. The van der Waals surface area contributed by atoms with Crippen LogP contribution in [0.25, 0.3) is 88.3 Å². The van der Waals surface area contributed by atoms with Gasteiger partial charge in [0.15, 0.2) is 0 Å². The lowest BCUT2D eigenvalue weighted by Crippen LogP contribution is -2.15. The molecule has 0 fully saturated rings. The van der Waals surface area contributed by atoms with Crippen molar-refractivity contribution < 1.29 is 0 Å². The van der Waals surface area contributed by atoms with E-state index in [2.05, 4.69) is 210 Å². The van der Waals surface area contributed by atoms with Gasteiger partial charge in [0.05, 0.1) is 0 Å². The smallest absolute Gasteiger partial charge is 0.0159 e. The molecule has 0 bridgehead atoms. The van der Waals surface area contributed by atoms with Crippen LogP contribution in [-0.2, 0) is 10.8 Å². The maximum absolute atomic E-state index is 2.50. The molecule has 56 heavy (non-hydrogen) atoms. The van der Waals surface area contributed by atoms with Gasteiger partial charge in [-0.2, -0.15) is 0 Å². The Labute approximate surface area is 329 Å². The van der Waals surface area contributed by atoms with Gasteiger partial charge in [-0.3, -0.25) is 0 Å². The van der Waals surface area contributed by atoms with E-state index in [1.54, 1.807) is 0 Å². The third-order valence-electron chi connectivity index (χ3n) is 13.1. The molecule has 0 unspecified atom stereocenters. The molecule has 0 atom stereocenters. The van der Waals surface area contributed by atoms with Crippen LogP contribution in [0.1, 0.15) is 49.9 Å². The zero-order valence-corrected chi connectivity index (χ0v) is 32.3. The van der Waals surface area contributed by atoms with Crippen LogP contribution in [0.2, 0.25) is 0 Å². The van der Waals surface area contributed by atoms with Crippen molar-refractivity contribution in [3.8, 4) is 66.8 Å². The summed E-state index contributed by atoms with van der Waals surface area (Å²) in [5.74, 6) is 0. The van der Waals surface area contributed by atoms with Crippen LogP contribution in [0.15, 0.2) is 182 Å². The molecule has 0 aliphatic heterocycles. The van der Waals surface area contributed by atoms with Gasteiger partial charge in [0, 0.05) is 10.8 Å². The second kappa shape index (κ2) is 12.0. The zero-order valence-electron chi connectivity index (χ0n) is 32.3. The summed E-state index contributed by atoms with van der Waals surface area (Å²) in [7, 11) is 0. The minimum absolute atomic E-state index is 0.0840. The van der Waals surface area contributed by atoms with Crippen molar-refractivity contribution in [3.63, 3.8) is 0 Å². The minimum atomic E-state index is -0.147. The van der Waals surface area contributed by atoms with Gasteiger partial charge in [0.1, 0.15) is 0 Å². The van der Waals surface area contributed by atoms with Crippen LogP contribution in [0.4, 0.5) is 0 Å². The monoisotopic (exact) mass is 714 g/mol. The molecule has 0 heterocycles. The molecule has 9 aromatic rings. The van der Waals surface area contributed by atoms with Crippen molar-refractivity contribution in [3.05, 3.63) is 204 Å². The fourth-order valence-electron chi connectivity index (χ4n) is 10.2. The number of benzene rings is 9. The summed E-state index contributed by atoms with van der Waals surface area (Å²) in [6.45, 7) is 9.55. The maximum atomic E-state index is 2.50. The number of hydrogen-bond acceptors (Lipinski definition) is 0. The minimum Gasteiger partial charge on any atom is -0.0622 e. The predicted molar refractivity (Wildman–Crippen MR) is 238 cm³/mol. The first-order valence-electron chi connectivity index (χ1n) is 19.9. The van der Waals surface area contributed by atoms with Crippen LogP contribution in [-0.4, -0.2) is 0 Å². The molecule has 0 N–H and O–H groups in total. The summed E-state index contributed by atoms with van der Waals surface area (Å²) in [6, 6.07) is 68.3. The van der Waals surface area contributed by atoms with Crippen LogP contribution in [0, 0.1) is 0 Å². The molecular weight excluding hydrogens is 673 g/mol. The second-order valence-corrected chi connectivity index (χ2v) is 16.9. The SMILES string of the molecule is CC1(C)c2ccccc2-c2ccc(-c3c4ccccc4c(-c4ccc5c(c4)C(C)(C)c4cc(-c6ccccc6)ccc4-5)c4ccc(-c5ccccc5)cc34)cc21. The van der Waals surface area contributed by atoms with Gasteiger partial charge in [-0.1, -0.05) is 185 Å². The lowest BCUT2D eigenvalue weighted by atomic mass is 9.79. The van der Waals surface area contributed by atoms with E-state index >= 15 is 0 Å². The van der Waals surface area contributed by atoms with Crippen molar-refractivity contribution in [2.45, 2.75) is 38.5 Å². The van der Waals surface area contributed by atoms with E-state index in [9.17, 15) is 0 Å². The molecule has 2 aliphatic rings. The largest absolute Gasteiger partial charge is 0.0622 e. The zero-order chi connectivity index (χ0) is 37.8. The molecule has 0 spiro atoms. The van der Waals surface area contributed by atoms with Gasteiger partial charge in [-0.15, -0.1) is 0 Å². The quantitative estimate of drug-likeness (QED) is 0.159. The Bertz CT molecular complexity index is 3050. The van der Waals surface area contributed by atoms with Gasteiger partial charge in [-0.25, -0.2) is 0 Å². The number of fused-ring (bicyclic) bond motifs is 8. The molecule has 9 aromatic carbocycles. The molecular formula is C56H42. The molecule has 0 heteroatoms. The average Bonchev–Trinajstić information content (AvgIpc) is 3.61. The Hall–Kier alpha value is -6.50. The predicted octanol–water partition coefficient (Wildman–Crippen LogP) is 15.3. The maximum Gasteiger partial charge on any atom is 0.0159 e. The molecule has 0 saturated carbocycles. The van der Waals surface area contributed by atoms with E-state index in [4.69, 9.17) is 0 Å². The lowest BCUT2D eigenvalue weighted by Gasteiger charge is -2.24. The highest BCUT2D eigenvalue weighted by Crippen LogP contribution is 2.54. The van der Waals surface area contributed by atoms with E-state index in [-0.39, 0.29) is 10.8 Å². The fourth-order valence-corrected chi connectivity index (χ4v) is 10.2. The molecule has 266 valence electrons. The number of rotatable bonds is 4. The van der Waals surface area contributed by atoms with E-state index in [1.165, 1.54) is 111 Å². The fraction of sp³-hybridized carbons (Fsp3) is 0.107. The molecule has 0 radical (unpaired) electrons. The Morgan fingerprint density at radius 1 is 0.250 bits per heavy atom. The van der Waals surface area contributed by atoms with Gasteiger partial charge in [-0.05, 0) is 135 Å². The Morgan fingerprint density at radius 2 is 0.625 bits per heavy atom. The molecule has 0 aromatic heterocycles. The van der Waals surface area contributed by atoms with E-state index < -0.39 is 0 Å². The van der Waals surface area contributed by atoms with Crippen LogP contribution >= 0.6 is 0 Å². The summed E-state index contributed by atoms with van der Waals surface area (Å²) < 4.78 is 0. The van der Waals surface area contributed by atoms with Crippen LogP contribution < -0.4 is 0 Å². The molecule has 0 amide bonds. The summed E-state index contributed by atoms with van der Waals surface area (Å²) in [5.41, 5.74) is 20.9. The summed E-state index contributed by atoms with van der Waals surface area (Å²) >= 11 is 0. The molecule has 11 rings (SSSR count). The Kier molecular flexibility index (Phi) is 7.05. The first-order chi connectivity index (χ1) is 27.3. The summed E-state index contributed by atoms with van der Waals surface area (Å²) in [4.78, 5) is 0. The van der Waals surface area contributed by atoms with Crippen molar-refractivity contribution in [1.82, 2.24) is 0 Å². The first kappa shape index (κ1) is 32.9. The topological polar surface area (TPSA) is 0 Å². The van der Waals surface area contributed by atoms with Crippen molar-refractivity contribution in [2.75, 3.05) is 0 Å². The molecule has 0 nitrogen and oxygen atoms in total. The van der Waals surface area contributed by atoms with Gasteiger partial charge >= 0.3 is 0 Å².